The van der Waals surface area contributed by atoms with Crippen molar-refractivity contribution in [2.45, 2.75) is 52.4 Å². The fourth-order valence-electron chi connectivity index (χ4n) is 3.04. The second kappa shape index (κ2) is 6.22. The third-order valence-corrected chi connectivity index (χ3v) is 6.00. The predicted molar refractivity (Wildman–Crippen MR) is 80.2 cm³/mol. The highest BCUT2D eigenvalue weighted by atomic mass is 32.2. The van der Waals surface area contributed by atoms with Gasteiger partial charge in [0, 0.05) is 19.1 Å². The summed E-state index contributed by atoms with van der Waals surface area (Å²) in [6, 6.07) is 0.0822. The van der Waals surface area contributed by atoms with Gasteiger partial charge in [-0.25, -0.2) is 8.42 Å². The molecular weight excluding hydrogens is 292 g/mol. The molecule has 2 aliphatic heterocycles. The van der Waals surface area contributed by atoms with Crippen molar-refractivity contribution in [3.63, 3.8) is 0 Å². The van der Waals surface area contributed by atoms with Crippen molar-refractivity contribution in [1.82, 2.24) is 9.62 Å². The maximum Gasteiger partial charge on any atom is 0.226 e. The quantitative estimate of drug-likeness (QED) is 0.805. The molecule has 2 heterocycles. The fourth-order valence-corrected chi connectivity index (χ4v) is 4.86. The molecule has 1 N–H and O–H groups in total. The molecule has 122 valence electrons. The van der Waals surface area contributed by atoms with E-state index in [2.05, 4.69) is 5.32 Å². The lowest BCUT2D eigenvalue weighted by Gasteiger charge is -2.32. The van der Waals surface area contributed by atoms with E-state index < -0.39 is 10.0 Å². The Bertz CT molecular complexity index is 489. The summed E-state index contributed by atoms with van der Waals surface area (Å²) in [4.78, 5) is 12.2. The number of hydrogen-bond acceptors (Lipinski definition) is 4. The number of carbonyl (C=O) groups is 1. The summed E-state index contributed by atoms with van der Waals surface area (Å²) >= 11 is 0. The smallest absolute Gasteiger partial charge is 0.226 e. The van der Waals surface area contributed by atoms with Crippen molar-refractivity contribution in [2.75, 3.05) is 18.8 Å². The molecular formula is C14H26N2O4S. The van der Waals surface area contributed by atoms with Crippen LogP contribution >= 0.6 is 0 Å². The third kappa shape index (κ3) is 3.96. The molecule has 7 heteroatoms. The van der Waals surface area contributed by atoms with Gasteiger partial charge >= 0.3 is 0 Å². The average molecular weight is 318 g/mol. The molecule has 0 saturated carbocycles. The van der Waals surface area contributed by atoms with Gasteiger partial charge in [-0.15, -0.1) is 0 Å². The van der Waals surface area contributed by atoms with Crippen LogP contribution in [0.2, 0.25) is 0 Å². The second-order valence-electron chi connectivity index (χ2n) is 6.79. The monoisotopic (exact) mass is 318 g/mol. The number of rotatable bonds is 5. The molecule has 0 spiro atoms. The number of carbonyl (C=O) groups excluding carboxylic acids is 1. The van der Waals surface area contributed by atoms with Crippen molar-refractivity contribution < 1.29 is 17.9 Å². The van der Waals surface area contributed by atoms with Crippen LogP contribution in [0.5, 0.6) is 0 Å². The Morgan fingerprint density at radius 2 is 1.95 bits per heavy atom. The minimum absolute atomic E-state index is 0.0272. The normalized spacial score (nSPS) is 30.1. The molecule has 0 aliphatic carbocycles. The summed E-state index contributed by atoms with van der Waals surface area (Å²) in [5, 5.41) is 2.90. The molecule has 1 amide bonds. The summed E-state index contributed by atoms with van der Waals surface area (Å²) in [6.45, 7) is 8.29. The van der Waals surface area contributed by atoms with Gasteiger partial charge in [0.1, 0.15) is 0 Å². The second-order valence-corrected chi connectivity index (χ2v) is 8.80. The lowest BCUT2D eigenvalue weighted by molar-refractivity contribution is -0.127. The van der Waals surface area contributed by atoms with Gasteiger partial charge in [-0.1, -0.05) is 13.8 Å². The van der Waals surface area contributed by atoms with E-state index in [9.17, 15) is 13.2 Å². The Hall–Kier alpha value is -0.660. The summed E-state index contributed by atoms with van der Waals surface area (Å²) in [5.41, 5.74) is 0. The van der Waals surface area contributed by atoms with Gasteiger partial charge in [-0.2, -0.15) is 4.31 Å². The van der Waals surface area contributed by atoms with Crippen LogP contribution in [0.25, 0.3) is 0 Å². The number of ether oxygens (including phenoxy) is 1. The molecule has 2 bridgehead atoms. The molecule has 0 unspecified atom stereocenters. The third-order valence-electron chi connectivity index (χ3n) is 3.83. The van der Waals surface area contributed by atoms with Gasteiger partial charge in [0.25, 0.3) is 0 Å². The first kappa shape index (κ1) is 16.7. The maximum absolute atomic E-state index is 12.3. The Kier molecular flexibility index (Phi) is 4.95. The van der Waals surface area contributed by atoms with Crippen molar-refractivity contribution in [3.05, 3.63) is 0 Å². The summed E-state index contributed by atoms with van der Waals surface area (Å²) in [7, 11) is -3.26. The van der Waals surface area contributed by atoms with Crippen LogP contribution in [-0.2, 0) is 19.6 Å². The van der Waals surface area contributed by atoms with E-state index in [4.69, 9.17) is 4.74 Å². The van der Waals surface area contributed by atoms with Crippen molar-refractivity contribution in [2.24, 2.45) is 11.8 Å². The highest BCUT2D eigenvalue weighted by Gasteiger charge is 2.47. The molecule has 0 aromatic heterocycles. The zero-order valence-electron chi connectivity index (χ0n) is 13.2. The Morgan fingerprint density at radius 3 is 2.52 bits per heavy atom. The first-order valence-electron chi connectivity index (χ1n) is 7.62. The van der Waals surface area contributed by atoms with E-state index >= 15 is 0 Å². The minimum atomic E-state index is -3.26. The average Bonchev–Trinajstić information content (AvgIpc) is 2.61. The number of nitrogens with zero attached hydrogens (tertiary/aromatic N) is 1. The van der Waals surface area contributed by atoms with Gasteiger partial charge in [-0.3, -0.25) is 4.79 Å². The zero-order chi connectivity index (χ0) is 15.8. The number of nitrogens with one attached hydrogen (secondary N) is 1. The Balaban J connectivity index is 2.04. The van der Waals surface area contributed by atoms with E-state index in [0.717, 1.165) is 0 Å². The molecule has 2 rings (SSSR count). The fraction of sp³-hybridized carbons (Fsp3) is 0.929. The lowest BCUT2D eigenvalue weighted by Crippen LogP contribution is -2.49. The topological polar surface area (TPSA) is 75.7 Å². The molecule has 0 radical (unpaired) electrons. The number of morpholine rings is 1. The standard InChI is InChI=1S/C14H26N2O4S/c1-9(2)8-21(18,19)16-6-11-5-12(13(7-16)20-11)14(17)15-10(3)4/h9-13H,5-8H2,1-4H3,(H,15,17)/t11-,12+,13-/m1/s1. The van der Waals surface area contributed by atoms with Gasteiger partial charge in [0.15, 0.2) is 0 Å². The molecule has 3 atom stereocenters. The first-order chi connectivity index (χ1) is 9.69. The minimum Gasteiger partial charge on any atom is -0.371 e. The van der Waals surface area contributed by atoms with E-state index in [-0.39, 0.29) is 41.7 Å². The molecule has 2 saturated heterocycles. The van der Waals surface area contributed by atoms with Gasteiger partial charge in [0.2, 0.25) is 15.9 Å². The largest absolute Gasteiger partial charge is 0.371 e. The molecule has 2 aliphatic rings. The van der Waals surface area contributed by atoms with Gasteiger partial charge in [-0.05, 0) is 26.2 Å². The van der Waals surface area contributed by atoms with Crippen LogP contribution < -0.4 is 5.32 Å². The van der Waals surface area contributed by atoms with Crippen LogP contribution in [0.1, 0.15) is 34.1 Å². The number of sulfonamides is 1. The van der Waals surface area contributed by atoms with E-state index in [0.29, 0.717) is 19.5 Å². The van der Waals surface area contributed by atoms with Crippen molar-refractivity contribution in [1.29, 1.82) is 0 Å². The zero-order valence-corrected chi connectivity index (χ0v) is 14.0. The molecule has 0 aromatic rings. The molecule has 21 heavy (non-hydrogen) atoms. The van der Waals surface area contributed by atoms with Crippen molar-refractivity contribution in [3.8, 4) is 0 Å². The maximum atomic E-state index is 12.3. The van der Waals surface area contributed by atoms with Gasteiger partial charge in [0.05, 0.1) is 23.9 Å². The molecule has 6 nitrogen and oxygen atoms in total. The first-order valence-corrected chi connectivity index (χ1v) is 9.23. The highest BCUT2D eigenvalue weighted by molar-refractivity contribution is 7.89. The van der Waals surface area contributed by atoms with E-state index in [1.807, 2.05) is 27.7 Å². The van der Waals surface area contributed by atoms with Crippen LogP contribution in [0.3, 0.4) is 0 Å². The molecule has 2 fully saturated rings. The summed E-state index contributed by atoms with van der Waals surface area (Å²) in [6.07, 6.45) is 0.134. The van der Waals surface area contributed by atoms with Crippen LogP contribution in [-0.4, -0.2) is 55.7 Å². The van der Waals surface area contributed by atoms with Crippen molar-refractivity contribution >= 4 is 15.9 Å². The number of hydrogen-bond donors (Lipinski definition) is 1. The summed E-state index contributed by atoms with van der Waals surface area (Å²) in [5.74, 6) is -0.0252. The van der Waals surface area contributed by atoms with E-state index in [1.54, 1.807) is 0 Å². The van der Waals surface area contributed by atoms with Gasteiger partial charge < -0.3 is 10.1 Å². The van der Waals surface area contributed by atoms with Crippen LogP contribution in [0.4, 0.5) is 0 Å². The Labute approximate surface area is 127 Å². The molecule has 0 aromatic carbocycles. The lowest BCUT2D eigenvalue weighted by atomic mass is 9.99. The Morgan fingerprint density at radius 1 is 1.29 bits per heavy atom. The van der Waals surface area contributed by atoms with Crippen LogP contribution in [0, 0.1) is 11.8 Å². The predicted octanol–water partition coefficient (Wildman–Crippen LogP) is 0.586. The SMILES string of the molecule is CC(C)CS(=O)(=O)N1C[C@H]2C[C@H](C(=O)NC(C)C)[C@@H](C1)O2. The van der Waals surface area contributed by atoms with E-state index in [1.165, 1.54) is 4.31 Å². The highest BCUT2D eigenvalue weighted by Crippen LogP contribution is 2.33. The van der Waals surface area contributed by atoms with Crippen LogP contribution in [0.15, 0.2) is 0 Å². The number of amides is 1. The number of fused-ring (bicyclic) bond motifs is 2. The summed E-state index contributed by atoms with van der Waals surface area (Å²) < 4.78 is 32.0.